The number of rotatable bonds is 6. The lowest BCUT2D eigenvalue weighted by atomic mass is 10.1. The molecule has 0 radical (unpaired) electrons. The van der Waals surface area contributed by atoms with E-state index in [1.807, 2.05) is 0 Å². The van der Waals surface area contributed by atoms with Gasteiger partial charge in [0.15, 0.2) is 0 Å². The fourth-order valence-electron chi connectivity index (χ4n) is 2.96. The predicted octanol–water partition coefficient (Wildman–Crippen LogP) is 4.71. The summed E-state index contributed by atoms with van der Waals surface area (Å²) in [5.41, 5.74) is 1.85. The molecule has 31 heavy (non-hydrogen) atoms. The predicted molar refractivity (Wildman–Crippen MR) is 118 cm³/mol. The quantitative estimate of drug-likeness (QED) is 0.335. The standard InChI is InChI=1S/C21H15ClN4O4S/c22-17-11-9-15(10-12-17)21-14-20(16-5-4-6-18(13-16)26(27)28)23-25(21)24-31(29,30)19-7-2-1-3-8-19/h1-14,24H. The van der Waals surface area contributed by atoms with Gasteiger partial charge in [0.2, 0.25) is 0 Å². The maximum atomic E-state index is 12.8. The molecule has 0 atom stereocenters. The molecule has 8 nitrogen and oxygen atoms in total. The Hall–Kier alpha value is -3.69. The van der Waals surface area contributed by atoms with Crippen LogP contribution in [0.4, 0.5) is 5.69 Å². The van der Waals surface area contributed by atoms with Crippen molar-refractivity contribution in [2.75, 3.05) is 4.83 Å². The Morgan fingerprint density at radius 3 is 2.29 bits per heavy atom. The summed E-state index contributed by atoms with van der Waals surface area (Å²) in [5, 5.41) is 16.0. The average molecular weight is 455 g/mol. The zero-order valence-electron chi connectivity index (χ0n) is 15.8. The monoisotopic (exact) mass is 454 g/mol. The van der Waals surface area contributed by atoms with Gasteiger partial charge >= 0.3 is 0 Å². The summed E-state index contributed by atoms with van der Waals surface area (Å²) in [6, 6.07) is 22.3. The number of halogens is 1. The van der Waals surface area contributed by atoms with Crippen molar-refractivity contribution in [3.63, 3.8) is 0 Å². The molecule has 1 N–H and O–H groups in total. The minimum absolute atomic E-state index is 0.0736. The van der Waals surface area contributed by atoms with E-state index in [4.69, 9.17) is 11.6 Å². The first-order chi connectivity index (χ1) is 14.8. The van der Waals surface area contributed by atoms with E-state index in [0.29, 0.717) is 27.5 Å². The van der Waals surface area contributed by atoms with Crippen LogP contribution >= 0.6 is 11.6 Å². The Morgan fingerprint density at radius 1 is 0.903 bits per heavy atom. The molecule has 0 saturated carbocycles. The van der Waals surface area contributed by atoms with Crippen LogP contribution in [0.5, 0.6) is 0 Å². The third-order valence-corrected chi connectivity index (χ3v) is 6.02. The Kier molecular flexibility index (Phi) is 5.45. The van der Waals surface area contributed by atoms with Crippen LogP contribution in [0.1, 0.15) is 0 Å². The fourth-order valence-corrected chi connectivity index (χ4v) is 4.08. The van der Waals surface area contributed by atoms with E-state index in [1.165, 1.54) is 24.3 Å². The van der Waals surface area contributed by atoms with E-state index >= 15 is 0 Å². The summed E-state index contributed by atoms with van der Waals surface area (Å²) in [6.07, 6.45) is 0. The number of aromatic nitrogens is 2. The number of nitrogens with one attached hydrogen (secondary N) is 1. The normalized spacial score (nSPS) is 11.3. The molecule has 10 heteroatoms. The number of benzene rings is 3. The summed E-state index contributed by atoms with van der Waals surface area (Å²) < 4.78 is 25.7. The van der Waals surface area contributed by atoms with E-state index in [2.05, 4.69) is 9.93 Å². The molecule has 156 valence electrons. The van der Waals surface area contributed by atoms with E-state index in [0.717, 1.165) is 4.79 Å². The van der Waals surface area contributed by atoms with Gasteiger partial charge in [-0.2, -0.15) is 23.1 Å². The Morgan fingerprint density at radius 2 is 1.61 bits per heavy atom. The van der Waals surface area contributed by atoms with E-state index in [1.54, 1.807) is 60.7 Å². The van der Waals surface area contributed by atoms with Crippen molar-refractivity contribution in [2.45, 2.75) is 4.90 Å². The molecule has 0 aliphatic carbocycles. The van der Waals surface area contributed by atoms with Gasteiger partial charge in [0.25, 0.3) is 15.7 Å². The molecule has 0 unspecified atom stereocenters. The minimum Gasteiger partial charge on any atom is -0.258 e. The van der Waals surface area contributed by atoms with Crippen molar-refractivity contribution in [3.8, 4) is 22.5 Å². The first kappa shape index (κ1) is 20.6. The summed E-state index contributed by atoms with van der Waals surface area (Å²) in [5.74, 6) is 0. The number of hydrogen-bond donors (Lipinski definition) is 1. The van der Waals surface area contributed by atoms with Gasteiger partial charge in [0.1, 0.15) is 0 Å². The van der Waals surface area contributed by atoms with E-state index in [-0.39, 0.29) is 10.6 Å². The molecule has 0 saturated heterocycles. The van der Waals surface area contributed by atoms with Gasteiger partial charge in [0, 0.05) is 28.3 Å². The molecule has 4 rings (SSSR count). The molecule has 1 heterocycles. The minimum atomic E-state index is -3.93. The highest BCUT2D eigenvalue weighted by atomic mass is 35.5. The molecule has 1 aromatic heterocycles. The molecule has 0 aliphatic rings. The van der Waals surface area contributed by atoms with Gasteiger partial charge in [-0.25, -0.2) is 0 Å². The van der Waals surface area contributed by atoms with Crippen LogP contribution in [-0.4, -0.2) is 23.2 Å². The number of nitrogens with zero attached hydrogens (tertiary/aromatic N) is 3. The van der Waals surface area contributed by atoms with Crippen LogP contribution in [0, 0.1) is 10.1 Å². The van der Waals surface area contributed by atoms with Gasteiger partial charge in [-0.15, -0.1) is 0 Å². The van der Waals surface area contributed by atoms with Crippen LogP contribution in [0.15, 0.2) is 89.8 Å². The second-order valence-electron chi connectivity index (χ2n) is 6.55. The number of nitro benzene ring substituents is 1. The number of nitro groups is 1. The van der Waals surface area contributed by atoms with Crippen LogP contribution in [-0.2, 0) is 10.0 Å². The smallest absolute Gasteiger partial charge is 0.258 e. The fraction of sp³-hybridized carbons (Fsp3) is 0. The van der Waals surface area contributed by atoms with Gasteiger partial charge in [-0.3, -0.25) is 10.1 Å². The summed E-state index contributed by atoms with van der Waals surface area (Å²) in [4.78, 5) is 14.3. The number of non-ortho nitro benzene ring substituents is 1. The third kappa shape index (κ3) is 4.42. The highest BCUT2D eigenvalue weighted by molar-refractivity contribution is 7.92. The molecule has 3 aromatic carbocycles. The maximum absolute atomic E-state index is 12.8. The molecule has 0 amide bonds. The van der Waals surface area contributed by atoms with Crippen molar-refractivity contribution in [3.05, 3.63) is 100 Å². The highest BCUT2D eigenvalue weighted by Gasteiger charge is 2.19. The first-order valence-electron chi connectivity index (χ1n) is 9.02. The molecule has 4 aromatic rings. The lowest BCUT2D eigenvalue weighted by Gasteiger charge is -2.11. The van der Waals surface area contributed by atoms with Crippen LogP contribution in [0.2, 0.25) is 5.02 Å². The molecule has 0 fully saturated rings. The summed E-state index contributed by atoms with van der Waals surface area (Å²) in [7, 11) is -3.93. The SMILES string of the molecule is O=[N+]([O-])c1cccc(-c2cc(-c3ccc(Cl)cc3)n(NS(=O)(=O)c3ccccc3)n2)c1. The van der Waals surface area contributed by atoms with E-state index in [9.17, 15) is 18.5 Å². The summed E-state index contributed by atoms with van der Waals surface area (Å²) in [6.45, 7) is 0. The van der Waals surface area contributed by atoms with E-state index < -0.39 is 14.9 Å². The van der Waals surface area contributed by atoms with Crippen molar-refractivity contribution < 1.29 is 13.3 Å². The summed E-state index contributed by atoms with van der Waals surface area (Å²) >= 11 is 5.98. The van der Waals surface area contributed by atoms with Crippen molar-refractivity contribution in [1.29, 1.82) is 0 Å². The number of sulfonamides is 1. The molecular formula is C21H15ClN4O4S. The zero-order chi connectivity index (χ0) is 22.0. The van der Waals surface area contributed by atoms with Gasteiger partial charge in [0.05, 0.1) is 21.2 Å². The van der Waals surface area contributed by atoms with Crippen molar-refractivity contribution in [2.24, 2.45) is 0 Å². The second-order valence-corrected chi connectivity index (χ2v) is 8.65. The lowest BCUT2D eigenvalue weighted by Crippen LogP contribution is -2.25. The Bertz CT molecular complexity index is 1350. The maximum Gasteiger partial charge on any atom is 0.276 e. The first-order valence-corrected chi connectivity index (χ1v) is 10.9. The van der Waals surface area contributed by atoms with Crippen LogP contribution in [0.3, 0.4) is 0 Å². The van der Waals surface area contributed by atoms with Crippen molar-refractivity contribution >= 4 is 27.3 Å². The second kappa shape index (κ2) is 8.21. The lowest BCUT2D eigenvalue weighted by molar-refractivity contribution is -0.384. The molecule has 0 aliphatic heterocycles. The van der Waals surface area contributed by atoms with Crippen LogP contribution in [0.25, 0.3) is 22.5 Å². The third-order valence-electron chi connectivity index (χ3n) is 4.46. The Balaban J connectivity index is 1.82. The topological polar surface area (TPSA) is 107 Å². The largest absolute Gasteiger partial charge is 0.276 e. The Labute approximate surface area is 182 Å². The van der Waals surface area contributed by atoms with Crippen molar-refractivity contribution in [1.82, 2.24) is 9.89 Å². The molecular weight excluding hydrogens is 440 g/mol. The van der Waals surface area contributed by atoms with Gasteiger partial charge in [-0.1, -0.05) is 54.1 Å². The van der Waals surface area contributed by atoms with Gasteiger partial charge in [-0.05, 0) is 30.3 Å². The van der Waals surface area contributed by atoms with Crippen LogP contribution < -0.4 is 4.83 Å². The molecule has 0 bridgehead atoms. The zero-order valence-corrected chi connectivity index (χ0v) is 17.4. The molecule has 0 spiro atoms. The van der Waals surface area contributed by atoms with Gasteiger partial charge < -0.3 is 0 Å². The number of hydrogen-bond acceptors (Lipinski definition) is 5. The average Bonchev–Trinajstić information content (AvgIpc) is 3.18. The highest BCUT2D eigenvalue weighted by Crippen LogP contribution is 2.29.